The normalized spacial score (nSPS) is 19.7. The van der Waals surface area contributed by atoms with E-state index in [4.69, 9.17) is 9.47 Å². The lowest BCUT2D eigenvalue weighted by Crippen LogP contribution is -2.48. The molecule has 0 spiro atoms. The van der Waals surface area contributed by atoms with E-state index < -0.39 is 9.84 Å². The molecular weight excluding hydrogens is 469 g/mol. The molecule has 2 aliphatic rings. The lowest BCUT2D eigenvalue weighted by Gasteiger charge is -2.42. The number of aromatic nitrogens is 2. The number of ether oxygens (including phenoxy) is 2. The molecule has 35 heavy (non-hydrogen) atoms. The van der Waals surface area contributed by atoms with Crippen LogP contribution in [0.3, 0.4) is 0 Å². The van der Waals surface area contributed by atoms with E-state index in [-0.39, 0.29) is 21.2 Å². The van der Waals surface area contributed by atoms with Crippen LogP contribution in [0.1, 0.15) is 17.7 Å². The van der Waals surface area contributed by atoms with Gasteiger partial charge in [-0.25, -0.2) is 17.5 Å². The van der Waals surface area contributed by atoms with Crippen LogP contribution in [-0.4, -0.2) is 58.2 Å². The van der Waals surface area contributed by atoms with Crippen LogP contribution in [0.5, 0.6) is 0 Å². The van der Waals surface area contributed by atoms with Gasteiger partial charge in [-0.05, 0) is 61.9 Å². The highest BCUT2D eigenvalue weighted by Crippen LogP contribution is 2.45. The van der Waals surface area contributed by atoms with Gasteiger partial charge in [0.15, 0.2) is 5.03 Å². The Balaban J connectivity index is 1.66. The van der Waals surface area contributed by atoms with Crippen LogP contribution < -0.4 is 5.32 Å². The van der Waals surface area contributed by atoms with Crippen molar-refractivity contribution in [3.05, 3.63) is 77.2 Å². The summed E-state index contributed by atoms with van der Waals surface area (Å²) in [5.74, 6) is -0.365. The molecule has 0 bridgehead atoms. The number of hydrogen-bond acceptors (Lipinski definition) is 6. The Kier molecular flexibility index (Phi) is 6.59. The molecule has 1 saturated heterocycles. The fraction of sp³-hybridized carbons (Fsp3) is 0.346. The van der Waals surface area contributed by atoms with E-state index >= 15 is 0 Å². The largest absolute Gasteiger partial charge is 0.382 e. The van der Waals surface area contributed by atoms with Crippen LogP contribution in [0.25, 0.3) is 11.8 Å². The van der Waals surface area contributed by atoms with Gasteiger partial charge in [-0.3, -0.25) is 0 Å². The SMILES string of the molecule is COCCOCC12CNCCC1=Cc1c(c(S(=O)(=O)c3ccccc3)nn1-c1ccc(F)cc1)C2. The van der Waals surface area contributed by atoms with Crippen molar-refractivity contribution in [1.82, 2.24) is 15.1 Å². The molecule has 1 unspecified atom stereocenters. The van der Waals surface area contributed by atoms with Gasteiger partial charge in [-0.15, -0.1) is 0 Å². The van der Waals surface area contributed by atoms with Crippen LogP contribution in [0, 0.1) is 11.2 Å². The summed E-state index contributed by atoms with van der Waals surface area (Å²) in [6.07, 6.45) is 3.35. The van der Waals surface area contributed by atoms with E-state index in [0.717, 1.165) is 18.7 Å². The van der Waals surface area contributed by atoms with Crippen LogP contribution in [0.2, 0.25) is 0 Å². The molecule has 1 aliphatic carbocycles. The van der Waals surface area contributed by atoms with Gasteiger partial charge in [0.05, 0.1) is 36.1 Å². The number of methoxy groups -OCH3 is 1. The summed E-state index contributed by atoms with van der Waals surface area (Å²) in [6.45, 7) is 2.91. The first-order chi connectivity index (χ1) is 16.9. The van der Waals surface area contributed by atoms with Gasteiger partial charge >= 0.3 is 0 Å². The number of sulfone groups is 1. The van der Waals surface area contributed by atoms with Crippen molar-refractivity contribution in [2.45, 2.75) is 22.8 Å². The van der Waals surface area contributed by atoms with Crippen molar-refractivity contribution in [1.29, 1.82) is 0 Å². The molecule has 1 aliphatic heterocycles. The predicted octanol–water partition coefficient (Wildman–Crippen LogP) is 3.43. The minimum atomic E-state index is -3.89. The zero-order valence-corrected chi connectivity index (χ0v) is 20.4. The molecule has 2 aromatic carbocycles. The quantitative estimate of drug-likeness (QED) is 0.481. The maximum Gasteiger partial charge on any atom is 0.225 e. The molecule has 1 aromatic heterocycles. The van der Waals surface area contributed by atoms with Crippen molar-refractivity contribution in [2.24, 2.45) is 5.41 Å². The first kappa shape index (κ1) is 23.9. The average molecular weight is 498 g/mol. The monoisotopic (exact) mass is 497 g/mol. The van der Waals surface area contributed by atoms with E-state index in [1.165, 1.54) is 17.7 Å². The van der Waals surface area contributed by atoms with Crippen LogP contribution >= 0.6 is 0 Å². The van der Waals surface area contributed by atoms with E-state index in [0.29, 0.717) is 44.0 Å². The molecule has 1 fully saturated rings. The lowest BCUT2D eigenvalue weighted by atomic mass is 9.69. The number of nitrogens with one attached hydrogen (secondary N) is 1. The molecule has 0 amide bonds. The predicted molar refractivity (Wildman–Crippen MR) is 130 cm³/mol. The molecule has 1 atom stereocenters. The molecule has 3 aromatic rings. The number of benzene rings is 2. The molecule has 2 heterocycles. The van der Waals surface area contributed by atoms with Crippen molar-refractivity contribution in [3.8, 4) is 5.69 Å². The summed E-state index contributed by atoms with van der Waals surface area (Å²) >= 11 is 0. The highest BCUT2D eigenvalue weighted by Gasteiger charge is 2.44. The lowest BCUT2D eigenvalue weighted by molar-refractivity contribution is 0.0232. The third-order valence-corrected chi connectivity index (χ3v) is 8.45. The number of hydrogen-bond donors (Lipinski definition) is 1. The zero-order chi connectivity index (χ0) is 24.5. The smallest absolute Gasteiger partial charge is 0.225 e. The Hall–Kier alpha value is -2.85. The van der Waals surface area contributed by atoms with E-state index in [2.05, 4.69) is 16.5 Å². The first-order valence-corrected chi connectivity index (χ1v) is 13.1. The molecular formula is C26H28FN3O4S. The molecule has 1 N–H and O–H groups in total. The van der Waals surface area contributed by atoms with Crippen molar-refractivity contribution in [2.75, 3.05) is 40.0 Å². The van der Waals surface area contributed by atoms with Crippen molar-refractivity contribution < 1.29 is 22.3 Å². The van der Waals surface area contributed by atoms with E-state index in [1.807, 2.05) is 0 Å². The van der Waals surface area contributed by atoms with Gasteiger partial charge in [0.1, 0.15) is 5.82 Å². The maximum atomic E-state index is 13.7. The Morgan fingerprint density at radius 1 is 1.11 bits per heavy atom. The Morgan fingerprint density at radius 3 is 2.63 bits per heavy atom. The summed E-state index contributed by atoms with van der Waals surface area (Å²) in [7, 11) is -2.25. The molecule has 184 valence electrons. The average Bonchev–Trinajstić information content (AvgIpc) is 3.25. The minimum absolute atomic E-state index is 0.0279. The number of piperidine rings is 1. The van der Waals surface area contributed by atoms with Crippen molar-refractivity contribution in [3.63, 3.8) is 0 Å². The molecule has 9 heteroatoms. The number of nitrogens with zero attached hydrogens (tertiary/aromatic N) is 2. The van der Waals surface area contributed by atoms with E-state index in [9.17, 15) is 12.8 Å². The first-order valence-electron chi connectivity index (χ1n) is 11.6. The summed E-state index contributed by atoms with van der Waals surface area (Å²) in [5, 5.41) is 8.11. The molecule has 7 nitrogen and oxygen atoms in total. The third-order valence-electron chi connectivity index (χ3n) is 6.72. The molecule has 0 radical (unpaired) electrons. The Labute approximate surface area is 204 Å². The highest BCUT2D eigenvalue weighted by atomic mass is 32.2. The van der Waals surface area contributed by atoms with Crippen molar-refractivity contribution >= 4 is 15.9 Å². The topological polar surface area (TPSA) is 82.4 Å². The molecule has 0 saturated carbocycles. The van der Waals surface area contributed by atoms with Crippen LogP contribution in [0.15, 0.2) is 70.1 Å². The summed E-state index contributed by atoms with van der Waals surface area (Å²) in [5.41, 5.74) is 2.80. The third kappa shape index (κ3) is 4.45. The fourth-order valence-electron chi connectivity index (χ4n) is 4.90. The maximum absolute atomic E-state index is 13.7. The zero-order valence-electron chi connectivity index (χ0n) is 19.5. The molecule has 5 rings (SSSR count). The minimum Gasteiger partial charge on any atom is -0.382 e. The van der Waals surface area contributed by atoms with Crippen LogP contribution in [0.4, 0.5) is 4.39 Å². The second-order valence-electron chi connectivity index (χ2n) is 8.97. The van der Waals surface area contributed by atoms with E-state index in [1.54, 1.807) is 54.3 Å². The fourth-order valence-corrected chi connectivity index (χ4v) is 6.33. The van der Waals surface area contributed by atoms with Gasteiger partial charge in [0.2, 0.25) is 9.84 Å². The van der Waals surface area contributed by atoms with Gasteiger partial charge in [-0.1, -0.05) is 23.8 Å². The number of halogens is 1. The Morgan fingerprint density at radius 2 is 1.89 bits per heavy atom. The number of rotatable bonds is 8. The van der Waals surface area contributed by atoms with Crippen LogP contribution in [-0.2, 0) is 25.7 Å². The summed E-state index contributed by atoms with van der Waals surface area (Å²) in [4.78, 5) is 0.188. The van der Waals surface area contributed by atoms with Gasteiger partial charge < -0.3 is 14.8 Å². The summed E-state index contributed by atoms with van der Waals surface area (Å²) < 4.78 is 53.9. The standard InChI is InChI=1S/C26H28FN3O4S/c1-33-13-14-34-18-26-16-23-24(15-19(26)11-12-28-17-26)30(21-9-7-20(27)8-10-21)29-25(23)35(31,32)22-5-3-2-4-6-22/h2-10,15,28H,11-14,16-18H2,1H3. The second-order valence-corrected chi connectivity index (χ2v) is 10.8. The summed E-state index contributed by atoms with van der Waals surface area (Å²) in [6, 6.07) is 14.3. The van der Waals surface area contributed by atoms with Gasteiger partial charge in [-0.2, -0.15) is 5.10 Å². The number of fused-ring (bicyclic) bond motifs is 2. The van der Waals surface area contributed by atoms with Gasteiger partial charge in [0.25, 0.3) is 0 Å². The Bertz CT molecular complexity index is 1340. The highest BCUT2D eigenvalue weighted by molar-refractivity contribution is 7.91. The second kappa shape index (κ2) is 9.66. The van der Waals surface area contributed by atoms with Gasteiger partial charge in [0, 0.05) is 24.6 Å².